The Morgan fingerprint density at radius 2 is 2.07 bits per heavy atom. The minimum Gasteiger partial charge on any atom is -0.496 e. The van der Waals surface area contributed by atoms with Gasteiger partial charge in [0, 0.05) is 4.47 Å². The topological polar surface area (TPSA) is 35.0 Å². The maximum absolute atomic E-state index is 5.27. The highest BCUT2D eigenvalue weighted by atomic mass is 79.9. The fourth-order valence-corrected chi connectivity index (χ4v) is 2.65. The molecule has 0 aliphatic rings. The van der Waals surface area contributed by atoms with Gasteiger partial charge in [0.25, 0.3) is 0 Å². The third kappa shape index (κ3) is 2.38. The first-order chi connectivity index (χ1) is 7.20. The number of ether oxygens (including phenoxy) is 1. The summed E-state index contributed by atoms with van der Waals surface area (Å²) in [5, 5.41) is 8.80. The first kappa shape index (κ1) is 11.0. The Hall–Kier alpha value is -0.460. The van der Waals surface area contributed by atoms with Gasteiger partial charge in [-0.25, -0.2) is 0 Å². The highest BCUT2D eigenvalue weighted by Crippen LogP contribution is 2.35. The number of hydrogen-bond donors (Lipinski definition) is 0. The lowest BCUT2D eigenvalue weighted by Crippen LogP contribution is -1.87. The molecule has 0 aliphatic carbocycles. The monoisotopic (exact) mass is 348 g/mol. The molecule has 0 saturated carbocycles. The molecule has 0 saturated heterocycles. The van der Waals surface area contributed by atoms with Gasteiger partial charge < -0.3 is 4.74 Å². The molecule has 0 bridgehead atoms. The predicted molar refractivity (Wildman–Crippen MR) is 67.3 cm³/mol. The van der Waals surface area contributed by atoms with Crippen molar-refractivity contribution in [1.29, 1.82) is 0 Å². The van der Waals surface area contributed by atoms with E-state index in [9.17, 15) is 0 Å². The molecule has 1 aromatic heterocycles. The van der Waals surface area contributed by atoms with Crippen molar-refractivity contribution in [2.75, 3.05) is 7.11 Å². The Kier molecular flexibility index (Phi) is 3.38. The Morgan fingerprint density at radius 1 is 1.27 bits per heavy atom. The number of nitrogens with zero attached hydrogens (tertiary/aromatic N) is 2. The Balaban J connectivity index is 2.55. The van der Waals surface area contributed by atoms with Crippen molar-refractivity contribution in [3.8, 4) is 16.3 Å². The Labute approximate surface area is 108 Å². The van der Waals surface area contributed by atoms with Gasteiger partial charge in [-0.3, -0.25) is 0 Å². The van der Waals surface area contributed by atoms with Crippen LogP contribution in [0.5, 0.6) is 5.75 Å². The van der Waals surface area contributed by atoms with E-state index in [0.717, 1.165) is 24.7 Å². The molecule has 0 aliphatic heterocycles. The molecular weight excluding hydrogens is 344 g/mol. The lowest BCUT2D eigenvalue weighted by Gasteiger charge is -2.05. The molecule has 0 fully saturated rings. The van der Waals surface area contributed by atoms with Gasteiger partial charge in [0.2, 0.25) is 0 Å². The smallest absolute Gasteiger partial charge is 0.183 e. The Morgan fingerprint density at radius 3 is 2.67 bits per heavy atom. The first-order valence-corrected chi connectivity index (χ1v) is 6.44. The number of benzene rings is 1. The molecule has 0 radical (unpaired) electrons. The highest BCUT2D eigenvalue weighted by Gasteiger charge is 2.11. The second kappa shape index (κ2) is 4.59. The van der Waals surface area contributed by atoms with Gasteiger partial charge in [-0.1, -0.05) is 27.3 Å². The Bertz CT molecular complexity index is 487. The van der Waals surface area contributed by atoms with Gasteiger partial charge >= 0.3 is 0 Å². The molecule has 1 aromatic carbocycles. The third-order valence-corrected chi connectivity index (χ3v) is 3.67. The summed E-state index contributed by atoms with van der Waals surface area (Å²) in [6.45, 7) is 0. The largest absolute Gasteiger partial charge is 0.496 e. The van der Waals surface area contributed by atoms with Crippen LogP contribution < -0.4 is 4.74 Å². The first-order valence-electron chi connectivity index (χ1n) is 4.03. The number of rotatable bonds is 2. The van der Waals surface area contributed by atoms with Gasteiger partial charge in [-0.2, -0.15) is 0 Å². The summed E-state index contributed by atoms with van der Waals surface area (Å²) in [6.07, 6.45) is 0. The fraction of sp³-hybridized carbons (Fsp3) is 0.111. The lowest BCUT2D eigenvalue weighted by molar-refractivity contribution is 0.416. The SMILES string of the molecule is COc1ccc(Br)cc1-c1nnc(Br)s1. The van der Waals surface area contributed by atoms with Crippen LogP contribution in [0.15, 0.2) is 26.6 Å². The highest BCUT2D eigenvalue weighted by molar-refractivity contribution is 9.11. The zero-order valence-electron chi connectivity index (χ0n) is 7.70. The number of aromatic nitrogens is 2. The molecule has 3 nitrogen and oxygen atoms in total. The molecule has 0 N–H and O–H groups in total. The van der Waals surface area contributed by atoms with E-state index in [0.29, 0.717) is 0 Å². The fourth-order valence-electron chi connectivity index (χ4n) is 1.16. The molecule has 2 rings (SSSR count). The van der Waals surface area contributed by atoms with E-state index in [1.165, 1.54) is 11.3 Å². The second-order valence-corrected chi connectivity index (χ2v) is 5.87. The van der Waals surface area contributed by atoms with E-state index in [4.69, 9.17) is 4.74 Å². The molecule has 6 heteroatoms. The van der Waals surface area contributed by atoms with Crippen molar-refractivity contribution in [3.05, 3.63) is 26.6 Å². The van der Waals surface area contributed by atoms with E-state index in [2.05, 4.69) is 42.1 Å². The van der Waals surface area contributed by atoms with Crippen molar-refractivity contribution in [3.63, 3.8) is 0 Å². The molecule has 0 atom stereocenters. The molecular formula is C9H6Br2N2OS. The van der Waals surface area contributed by atoms with Crippen LogP contribution in [0.25, 0.3) is 10.6 Å². The number of methoxy groups -OCH3 is 1. The summed E-state index contributed by atoms with van der Waals surface area (Å²) in [5.41, 5.74) is 0.940. The molecule has 1 heterocycles. The van der Waals surface area contributed by atoms with Crippen LogP contribution in [0.1, 0.15) is 0 Å². The summed E-state index contributed by atoms with van der Waals surface area (Å²) >= 11 is 8.18. The van der Waals surface area contributed by atoms with E-state index < -0.39 is 0 Å². The number of halogens is 2. The molecule has 2 aromatic rings. The standard InChI is InChI=1S/C9H6Br2N2OS/c1-14-7-3-2-5(10)4-6(7)8-12-13-9(11)15-8/h2-4H,1H3. The lowest BCUT2D eigenvalue weighted by atomic mass is 10.2. The van der Waals surface area contributed by atoms with Gasteiger partial charge in [-0.05, 0) is 34.1 Å². The van der Waals surface area contributed by atoms with Crippen LogP contribution in [-0.2, 0) is 0 Å². The zero-order valence-corrected chi connectivity index (χ0v) is 11.7. The van der Waals surface area contributed by atoms with Crippen LogP contribution in [0.2, 0.25) is 0 Å². The summed E-state index contributed by atoms with van der Waals surface area (Å²) in [4.78, 5) is 0. The van der Waals surface area contributed by atoms with Gasteiger partial charge in [-0.15, -0.1) is 10.2 Å². The second-order valence-electron chi connectivity index (χ2n) is 2.70. The van der Waals surface area contributed by atoms with E-state index in [1.54, 1.807) is 7.11 Å². The van der Waals surface area contributed by atoms with Crippen molar-refractivity contribution in [1.82, 2.24) is 10.2 Å². The predicted octanol–water partition coefficient (Wildman–Crippen LogP) is 3.74. The number of hydrogen-bond acceptors (Lipinski definition) is 4. The van der Waals surface area contributed by atoms with Crippen molar-refractivity contribution in [2.45, 2.75) is 0 Å². The van der Waals surface area contributed by atoms with Gasteiger partial charge in [0.1, 0.15) is 5.75 Å². The average molecular weight is 350 g/mol. The van der Waals surface area contributed by atoms with E-state index in [1.807, 2.05) is 18.2 Å². The molecule has 78 valence electrons. The normalized spacial score (nSPS) is 10.3. The van der Waals surface area contributed by atoms with Crippen LogP contribution in [0, 0.1) is 0 Å². The molecule has 0 unspecified atom stereocenters. The van der Waals surface area contributed by atoms with Crippen LogP contribution >= 0.6 is 43.2 Å². The van der Waals surface area contributed by atoms with Crippen LogP contribution in [0.4, 0.5) is 0 Å². The summed E-state index contributed by atoms with van der Waals surface area (Å²) in [7, 11) is 1.64. The van der Waals surface area contributed by atoms with Gasteiger partial charge in [0.05, 0.1) is 12.7 Å². The van der Waals surface area contributed by atoms with E-state index >= 15 is 0 Å². The molecule has 15 heavy (non-hydrogen) atoms. The van der Waals surface area contributed by atoms with Crippen LogP contribution in [-0.4, -0.2) is 17.3 Å². The summed E-state index contributed by atoms with van der Waals surface area (Å²) in [5.74, 6) is 0.793. The zero-order chi connectivity index (χ0) is 10.8. The molecule has 0 spiro atoms. The quantitative estimate of drug-likeness (QED) is 0.828. The summed E-state index contributed by atoms with van der Waals surface area (Å²) < 4.78 is 7.02. The minimum absolute atomic E-state index is 0.763. The minimum atomic E-state index is 0.763. The van der Waals surface area contributed by atoms with Crippen molar-refractivity contribution < 1.29 is 4.74 Å². The van der Waals surface area contributed by atoms with E-state index in [-0.39, 0.29) is 0 Å². The third-order valence-electron chi connectivity index (χ3n) is 1.79. The van der Waals surface area contributed by atoms with Crippen molar-refractivity contribution >= 4 is 43.2 Å². The average Bonchev–Trinajstić information content (AvgIpc) is 2.65. The van der Waals surface area contributed by atoms with Crippen molar-refractivity contribution in [2.24, 2.45) is 0 Å². The maximum atomic E-state index is 5.27. The van der Waals surface area contributed by atoms with Gasteiger partial charge in [0.15, 0.2) is 8.92 Å². The molecule has 0 amide bonds. The van der Waals surface area contributed by atoms with Crippen LogP contribution in [0.3, 0.4) is 0 Å². The summed E-state index contributed by atoms with van der Waals surface area (Å²) in [6, 6.07) is 5.79. The maximum Gasteiger partial charge on any atom is 0.183 e.